The van der Waals surface area contributed by atoms with E-state index in [9.17, 15) is 18.4 Å². The van der Waals surface area contributed by atoms with Crippen LogP contribution in [-0.4, -0.2) is 56.0 Å². The van der Waals surface area contributed by atoms with Gasteiger partial charge in [-0.25, -0.2) is 0 Å². The highest BCUT2D eigenvalue weighted by atomic mass is 127. The van der Waals surface area contributed by atoms with Crippen molar-refractivity contribution in [3.8, 4) is 5.75 Å². The van der Waals surface area contributed by atoms with Gasteiger partial charge in [-0.05, 0) is 23.8 Å². The van der Waals surface area contributed by atoms with Gasteiger partial charge in [0.1, 0.15) is 5.75 Å². The summed E-state index contributed by atoms with van der Waals surface area (Å²) >= 11 is 0. The molecule has 2 aromatic carbocycles. The van der Waals surface area contributed by atoms with Gasteiger partial charge in [0.2, 0.25) is 5.91 Å². The molecular weight excluding hydrogens is 547 g/mol. The van der Waals surface area contributed by atoms with Crippen molar-refractivity contribution in [1.29, 1.82) is 0 Å². The summed E-state index contributed by atoms with van der Waals surface area (Å²) in [4.78, 5) is 29.7. The standard InChI is InChI=1S/C22H25F2N5O3.HI/c1-25-22(28-13-17-4-2-3-5-18(17)32-21(23)24)27-12-15-6-8-16(9-7-15)20(31)29-11-10-26-19(30)14-29;/h2-9,21H,10-14H2,1H3,(H,26,30)(H2,25,27,28);1H. The summed E-state index contributed by atoms with van der Waals surface area (Å²) in [5, 5.41) is 8.89. The number of rotatable bonds is 7. The fraction of sp³-hybridized carbons (Fsp3) is 0.318. The molecule has 2 amide bonds. The number of carbonyl (C=O) groups is 2. The molecule has 0 spiro atoms. The van der Waals surface area contributed by atoms with Gasteiger partial charge in [-0.3, -0.25) is 14.6 Å². The van der Waals surface area contributed by atoms with Gasteiger partial charge in [0, 0.05) is 44.4 Å². The lowest BCUT2D eigenvalue weighted by Crippen LogP contribution is -2.49. The van der Waals surface area contributed by atoms with Crippen LogP contribution in [0.3, 0.4) is 0 Å². The van der Waals surface area contributed by atoms with Crippen molar-refractivity contribution < 1.29 is 23.1 Å². The van der Waals surface area contributed by atoms with Crippen molar-refractivity contribution in [3.05, 3.63) is 65.2 Å². The van der Waals surface area contributed by atoms with Gasteiger partial charge in [-0.2, -0.15) is 8.78 Å². The highest BCUT2D eigenvalue weighted by Gasteiger charge is 2.22. The van der Waals surface area contributed by atoms with E-state index in [2.05, 4.69) is 25.7 Å². The number of alkyl halides is 2. The molecule has 1 fully saturated rings. The zero-order valence-electron chi connectivity index (χ0n) is 18.0. The molecule has 178 valence electrons. The van der Waals surface area contributed by atoms with E-state index in [0.717, 1.165) is 5.56 Å². The van der Waals surface area contributed by atoms with Gasteiger partial charge in [-0.1, -0.05) is 30.3 Å². The third-order valence-corrected chi connectivity index (χ3v) is 4.84. The molecular formula is C22H26F2IN5O3. The molecule has 0 bridgehead atoms. The van der Waals surface area contributed by atoms with E-state index in [1.807, 2.05) is 12.1 Å². The summed E-state index contributed by atoms with van der Waals surface area (Å²) in [6.45, 7) is -1.20. The van der Waals surface area contributed by atoms with E-state index in [1.54, 1.807) is 37.4 Å². The van der Waals surface area contributed by atoms with E-state index in [1.165, 1.54) is 11.0 Å². The van der Waals surface area contributed by atoms with Crippen LogP contribution in [-0.2, 0) is 17.9 Å². The lowest BCUT2D eigenvalue weighted by atomic mass is 10.1. The highest BCUT2D eigenvalue weighted by molar-refractivity contribution is 14.0. The largest absolute Gasteiger partial charge is 0.434 e. The van der Waals surface area contributed by atoms with Crippen LogP contribution in [0, 0.1) is 0 Å². The summed E-state index contributed by atoms with van der Waals surface area (Å²) in [5.74, 6) is 0.252. The number of nitrogens with zero attached hydrogens (tertiary/aromatic N) is 2. The average Bonchev–Trinajstić information content (AvgIpc) is 2.79. The molecule has 0 radical (unpaired) electrons. The minimum absolute atomic E-state index is 0. The summed E-state index contributed by atoms with van der Waals surface area (Å²) in [7, 11) is 1.60. The maximum Gasteiger partial charge on any atom is 0.387 e. The van der Waals surface area contributed by atoms with Crippen LogP contribution in [0.5, 0.6) is 5.75 Å². The van der Waals surface area contributed by atoms with E-state index >= 15 is 0 Å². The minimum atomic E-state index is -2.89. The number of amides is 2. The van der Waals surface area contributed by atoms with Crippen molar-refractivity contribution in [2.24, 2.45) is 4.99 Å². The molecule has 0 saturated carbocycles. The van der Waals surface area contributed by atoms with Gasteiger partial charge in [0.05, 0.1) is 6.54 Å². The Morgan fingerprint density at radius 1 is 1.15 bits per heavy atom. The molecule has 3 rings (SSSR count). The number of piperazine rings is 1. The SMILES string of the molecule is CN=C(NCc1ccc(C(=O)N2CCNC(=O)C2)cc1)NCc1ccccc1OC(F)F.I. The van der Waals surface area contributed by atoms with Crippen LogP contribution in [0.1, 0.15) is 21.5 Å². The Balaban J connectivity index is 0.00000385. The Kier molecular flexibility index (Phi) is 10.3. The van der Waals surface area contributed by atoms with Gasteiger partial charge < -0.3 is 25.6 Å². The number of aliphatic imine (C=N–C) groups is 1. The Labute approximate surface area is 207 Å². The van der Waals surface area contributed by atoms with E-state index in [4.69, 9.17) is 0 Å². The van der Waals surface area contributed by atoms with E-state index in [-0.39, 0.29) is 54.6 Å². The topological polar surface area (TPSA) is 95.1 Å². The van der Waals surface area contributed by atoms with E-state index < -0.39 is 6.61 Å². The summed E-state index contributed by atoms with van der Waals surface area (Å²) in [6.07, 6.45) is 0. The molecule has 1 aliphatic rings. The third kappa shape index (κ3) is 7.84. The predicted molar refractivity (Wildman–Crippen MR) is 131 cm³/mol. The Morgan fingerprint density at radius 3 is 2.52 bits per heavy atom. The molecule has 1 heterocycles. The zero-order valence-corrected chi connectivity index (χ0v) is 20.3. The van der Waals surface area contributed by atoms with Crippen molar-refractivity contribution in [2.75, 3.05) is 26.7 Å². The fourth-order valence-corrected chi connectivity index (χ4v) is 3.21. The van der Waals surface area contributed by atoms with Crippen molar-refractivity contribution in [2.45, 2.75) is 19.7 Å². The lowest BCUT2D eigenvalue weighted by molar-refractivity contribution is -0.123. The van der Waals surface area contributed by atoms with Crippen LogP contribution in [0.4, 0.5) is 8.78 Å². The number of guanidine groups is 1. The van der Waals surface area contributed by atoms with Gasteiger partial charge in [0.25, 0.3) is 5.91 Å². The molecule has 2 aromatic rings. The highest BCUT2D eigenvalue weighted by Crippen LogP contribution is 2.19. The molecule has 1 aliphatic heterocycles. The molecule has 1 saturated heterocycles. The second-order valence-electron chi connectivity index (χ2n) is 7.04. The number of benzene rings is 2. The monoisotopic (exact) mass is 573 g/mol. The Morgan fingerprint density at radius 2 is 1.85 bits per heavy atom. The van der Waals surface area contributed by atoms with Crippen molar-refractivity contribution in [3.63, 3.8) is 0 Å². The van der Waals surface area contributed by atoms with Gasteiger partial charge in [-0.15, -0.1) is 24.0 Å². The Bertz CT molecular complexity index is 973. The quantitative estimate of drug-likeness (QED) is 0.269. The van der Waals surface area contributed by atoms with Crippen molar-refractivity contribution in [1.82, 2.24) is 20.9 Å². The molecule has 0 unspecified atom stereocenters. The minimum Gasteiger partial charge on any atom is -0.434 e. The number of nitrogens with one attached hydrogen (secondary N) is 3. The predicted octanol–water partition coefficient (Wildman–Crippen LogP) is 2.34. The van der Waals surface area contributed by atoms with Crippen LogP contribution >= 0.6 is 24.0 Å². The number of ether oxygens (including phenoxy) is 1. The first-order valence-corrected chi connectivity index (χ1v) is 10.1. The maximum absolute atomic E-state index is 12.6. The molecule has 8 nitrogen and oxygen atoms in total. The normalized spacial score (nSPS) is 13.8. The molecule has 11 heteroatoms. The lowest BCUT2D eigenvalue weighted by Gasteiger charge is -2.26. The van der Waals surface area contributed by atoms with Crippen LogP contribution in [0.25, 0.3) is 0 Å². The van der Waals surface area contributed by atoms with Crippen LogP contribution in [0.2, 0.25) is 0 Å². The second-order valence-corrected chi connectivity index (χ2v) is 7.04. The van der Waals surface area contributed by atoms with E-state index in [0.29, 0.717) is 36.7 Å². The first kappa shape index (κ1) is 26.3. The van der Waals surface area contributed by atoms with Gasteiger partial charge >= 0.3 is 6.61 Å². The smallest absolute Gasteiger partial charge is 0.387 e. The van der Waals surface area contributed by atoms with Gasteiger partial charge in [0.15, 0.2) is 5.96 Å². The number of halogens is 3. The van der Waals surface area contributed by atoms with Crippen LogP contribution in [0.15, 0.2) is 53.5 Å². The molecule has 33 heavy (non-hydrogen) atoms. The molecule has 3 N–H and O–H groups in total. The number of carbonyl (C=O) groups excluding carboxylic acids is 2. The first-order chi connectivity index (χ1) is 15.5. The summed E-state index contributed by atoms with van der Waals surface area (Å²) < 4.78 is 29.6. The molecule has 0 atom stereocenters. The van der Waals surface area contributed by atoms with Crippen molar-refractivity contribution >= 4 is 41.8 Å². The number of hydrogen-bond donors (Lipinski definition) is 3. The molecule has 0 aromatic heterocycles. The first-order valence-electron chi connectivity index (χ1n) is 10.1. The fourth-order valence-electron chi connectivity index (χ4n) is 3.21. The molecule has 0 aliphatic carbocycles. The third-order valence-electron chi connectivity index (χ3n) is 4.84. The number of hydrogen-bond acceptors (Lipinski definition) is 4. The Hall–Kier alpha value is -2.96. The second kappa shape index (κ2) is 12.9. The maximum atomic E-state index is 12.6. The average molecular weight is 573 g/mol. The summed E-state index contributed by atoms with van der Waals surface area (Å²) in [5.41, 5.74) is 2.01. The summed E-state index contributed by atoms with van der Waals surface area (Å²) in [6, 6.07) is 13.6. The number of para-hydroxylation sites is 1. The van der Waals surface area contributed by atoms with Crippen LogP contribution < -0.4 is 20.7 Å². The zero-order chi connectivity index (χ0) is 22.9.